The molecule has 2 rings (SSSR count). The number of aromatic nitrogens is 1. The molecule has 1 heterocycles. The molecular formula is C10H14N4O3. The van der Waals surface area contributed by atoms with Crippen molar-refractivity contribution in [3.05, 3.63) is 22.2 Å². The minimum atomic E-state index is -0.556. The molecule has 0 atom stereocenters. The SMILES string of the molecule is Nc1nc(N(CCO)C2CC2)ccc1[N+](=O)[O-]. The molecule has 1 aromatic heterocycles. The summed E-state index contributed by atoms with van der Waals surface area (Å²) >= 11 is 0. The van der Waals surface area contributed by atoms with Crippen molar-refractivity contribution in [1.29, 1.82) is 0 Å². The fraction of sp³-hybridized carbons (Fsp3) is 0.500. The van der Waals surface area contributed by atoms with Gasteiger partial charge in [0.05, 0.1) is 11.5 Å². The average Bonchev–Trinajstić information content (AvgIpc) is 3.09. The number of aliphatic hydroxyl groups excluding tert-OH is 1. The summed E-state index contributed by atoms with van der Waals surface area (Å²) in [5.74, 6) is 0.501. The van der Waals surface area contributed by atoms with Gasteiger partial charge in [0.25, 0.3) is 0 Å². The zero-order valence-electron chi connectivity index (χ0n) is 9.24. The summed E-state index contributed by atoms with van der Waals surface area (Å²) in [6.45, 7) is 0.490. The minimum absolute atomic E-state index is 0.0229. The monoisotopic (exact) mass is 238 g/mol. The zero-order chi connectivity index (χ0) is 12.4. The Morgan fingerprint density at radius 3 is 2.76 bits per heavy atom. The second-order valence-corrected chi connectivity index (χ2v) is 3.98. The maximum absolute atomic E-state index is 10.6. The van der Waals surface area contributed by atoms with E-state index in [1.807, 2.05) is 4.90 Å². The zero-order valence-corrected chi connectivity index (χ0v) is 9.24. The summed E-state index contributed by atoms with van der Waals surface area (Å²) in [5, 5.41) is 19.6. The van der Waals surface area contributed by atoms with Crippen LogP contribution in [0.5, 0.6) is 0 Å². The molecule has 0 bridgehead atoms. The van der Waals surface area contributed by atoms with E-state index in [0.717, 1.165) is 12.8 Å². The molecular weight excluding hydrogens is 224 g/mol. The number of nitro groups is 1. The van der Waals surface area contributed by atoms with Gasteiger partial charge in [0, 0.05) is 18.7 Å². The Balaban J connectivity index is 2.25. The van der Waals surface area contributed by atoms with Crippen molar-refractivity contribution >= 4 is 17.3 Å². The molecule has 0 aliphatic heterocycles. The van der Waals surface area contributed by atoms with Gasteiger partial charge in [0.2, 0.25) is 5.82 Å². The predicted molar refractivity (Wildman–Crippen MR) is 62.8 cm³/mol. The molecule has 7 nitrogen and oxygen atoms in total. The number of nitrogens with zero attached hydrogens (tertiary/aromatic N) is 3. The lowest BCUT2D eigenvalue weighted by atomic mass is 10.3. The van der Waals surface area contributed by atoms with Crippen LogP contribution < -0.4 is 10.6 Å². The molecule has 92 valence electrons. The number of nitrogens with two attached hydrogens (primary N) is 1. The Bertz CT molecular complexity index is 434. The van der Waals surface area contributed by atoms with E-state index in [1.54, 1.807) is 6.07 Å². The first-order valence-electron chi connectivity index (χ1n) is 5.42. The Kier molecular flexibility index (Phi) is 3.10. The second kappa shape index (κ2) is 4.54. The third kappa shape index (κ3) is 2.44. The van der Waals surface area contributed by atoms with Crippen LogP contribution >= 0.6 is 0 Å². The number of rotatable bonds is 5. The van der Waals surface area contributed by atoms with Crippen LogP contribution in [0, 0.1) is 10.1 Å². The molecule has 0 spiro atoms. The molecule has 0 radical (unpaired) electrons. The summed E-state index contributed by atoms with van der Waals surface area (Å²) in [6.07, 6.45) is 2.11. The van der Waals surface area contributed by atoms with Crippen LogP contribution in [0.1, 0.15) is 12.8 Å². The van der Waals surface area contributed by atoms with Crippen molar-refractivity contribution in [3.8, 4) is 0 Å². The molecule has 1 aromatic rings. The number of anilines is 2. The van der Waals surface area contributed by atoms with Gasteiger partial charge in [-0.15, -0.1) is 0 Å². The number of hydrogen-bond acceptors (Lipinski definition) is 6. The average molecular weight is 238 g/mol. The fourth-order valence-corrected chi connectivity index (χ4v) is 1.75. The van der Waals surface area contributed by atoms with Crippen LogP contribution in [-0.4, -0.2) is 34.2 Å². The number of pyridine rings is 1. The van der Waals surface area contributed by atoms with Crippen LogP contribution in [0.4, 0.5) is 17.3 Å². The van der Waals surface area contributed by atoms with Crippen molar-refractivity contribution in [1.82, 2.24) is 4.98 Å². The first-order valence-corrected chi connectivity index (χ1v) is 5.42. The van der Waals surface area contributed by atoms with Gasteiger partial charge in [-0.25, -0.2) is 4.98 Å². The Hall–Kier alpha value is -1.89. The van der Waals surface area contributed by atoms with E-state index in [-0.39, 0.29) is 18.1 Å². The minimum Gasteiger partial charge on any atom is -0.395 e. The molecule has 1 aliphatic rings. The van der Waals surface area contributed by atoms with E-state index in [2.05, 4.69) is 4.98 Å². The molecule has 17 heavy (non-hydrogen) atoms. The first kappa shape index (κ1) is 11.6. The van der Waals surface area contributed by atoms with Gasteiger partial charge in [-0.05, 0) is 18.9 Å². The smallest absolute Gasteiger partial charge is 0.311 e. The highest BCUT2D eigenvalue weighted by Crippen LogP contribution is 2.32. The Labute approximate surface area is 98.0 Å². The van der Waals surface area contributed by atoms with Gasteiger partial charge in [-0.3, -0.25) is 10.1 Å². The lowest BCUT2D eigenvalue weighted by Crippen LogP contribution is -2.29. The third-order valence-electron chi connectivity index (χ3n) is 2.71. The number of nitrogen functional groups attached to an aromatic ring is 1. The van der Waals surface area contributed by atoms with Crippen LogP contribution in [0.25, 0.3) is 0 Å². The molecule has 1 aliphatic carbocycles. The lowest BCUT2D eigenvalue weighted by molar-refractivity contribution is -0.384. The number of hydrogen-bond donors (Lipinski definition) is 2. The normalized spacial score (nSPS) is 14.6. The van der Waals surface area contributed by atoms with E-state index in [1.165, 1.54) is 6.07 Å². The van der Waals surface area contributed by atoms with Crippen molar-refractivity contribution in [3.63, 3.8) is 0 Å². The largest absolute Gasteiger partial charge is 0.395 e. The van der Waals surface area contributed by atoms with Crippen molar-refractivity contribution in [2.75, 3.05) is 23.8 Å². The quantitative estimate of drug-likeness (QED) is 0.572. The van der Waals surface area contributed by atoms with Crippen LogP contribution in [0.3, 0.4) is 0 Å². The van der Waals surface area contributed by atoms with Gasteiger partial charge >= 0.3 is 5.69 Å². The van der Waals surface area contributed by atoms with Crippen molar-refractivity contribution in [2.45, 2.75) is 18.9 Å². The molecule has 0 saturated heterocycles. The highest BCUT2D eigenvalue weighted by molar-refractivity contribution is 5.58. The summed E-state index contributed by atoms with van der Waals surface area (Å²) in [7, 11) is 0. The second-order valence-electron chi connectivity index (χ2n) is 3.98. The maximum atomic E-state index is 10.6. The topological polar surface area (TPSA) is 106 Å². The van der Waals surface area contributed by atoms with Gasteiger partial charge in [-0.1, -0.05) is 0 Å². The lowest BCUT2D eigenvalue weighted by Gasteiger charge is -2.22. The molecule has 0 unspecified atom stereocenters. The number of aliphatic hydroxyl groups is 1. The van der Waals surface area contributed by atoms with E-state index >= 15 is 0 Å². The van der Waals surface area contributed by atoms with E-state index in [9.17, 15) is 10.1 Å². The molecule has 3 N–H and O–H groups in total. The molecule has 1 fully saturated rings. The van der Waals surface area contributed by atoms with Gasteiger partial charge in [-0.2, -0.15) is 0 Å². The predicted octanol–water partition coefficient (Wildman–Crippen LogP) is 0.533. The van der Waals surface area contributed by atoms with Crippen molar-refractivity contribution < 1.29 is 10.0 Å². The third-order valence-corrected chi connectivity index (χ3v) is 2.71. The van der Waals surface area contributed by atoms with E-state index in [0.29, 0.717) is 18.4 Å². The standard InChI is InChI=1S/C10H14N4O3/c11-10-8(14(16)17)3-4-9(12-10)13(5-6-15)7-1-2-7/h3-4,7,15H,1-2,5-6H2,(H2,11,12). The van der Waals surface area contributed by atoms with Crippen molar-refractivity contribution in [2.24, 2.45) is 0 Å². The van der Waals surface area contributed by atoms with Gasteiger partial charge in [0.15, 0.2) is 0 Å². The molecule has 0 aromatic carbocycles. The molecule has 7 heteroatoms. The first-order chi connectivity index (χ1) is 8.13. The summed E-state index contributed by atoms with van der Waals surface area (Å²) in [5.41, 5.74) is 5.35. The Morgan fingerprint density at radius 2 is 2.29 bits per heavy atom. The highest BCUT2D eigenvalue weighted by atomic mass is 16.6. The highest BCUT2D eigenvalue weighted by Gasteiger charge is 2.30. The summed E-state index contributed by atoms with van der Waals surface area (Å²) in [6, 6.07) is 3.29. The summed E-state index contributed by atoms with van der Waals surface area (Å²) < 4.78 is 0. The van der Waals surface area contributed by atoms with Crippen LogP contribution in [-0.2, 0) is 0 Å². The van der Waals surface area contributed by atoms with Crippen LogP contribution in [0.15, 0.2) is 12.1 Å². The van der Waals surface area contributed by atoms with E-state index in [4.69, 9.17) is 10.8 Å². The molecule has 1 saturated carbocycles. The van der Waals surface area contributed by atoms with Gasteiger partial charge in [0.1, 0.15) is 5.82 Å². The fourth-order valence-electron chi connectivity index (χ4n) is 1.75. The van der Waals surface area contributed by atoms with Gasteiger partial charge < -0.3 is 15.7 Å². The van der Waals surface area contributed by atoms with E-state index < -0.39 is 4.92 Å². The van der Waals surface area contributed by atoms with Crippen LogP contribution in [0.2, 0.25) is 0 Å². The molecule has 0 amide bonds. The summed E-state index contributed by atoms with van der Waals surface area (Å²) in [4.78, 5) is 16.0. The Morgan fingerprint density at radius 1 is 1.59 bits per heavy atom. The maximum Gasteiger partial charge on any atom is 0.311 e.